The van der Waals surface area contributed by atoms with Crippen LogP contribution in [0, 0.1) is 0 Å². The van der Waals surface area contributed by atoms with Crippen LogP contribution in [-0.2, 0) is 0 Å². The van der Waals surface area contributed by atoms with Crippen molar-refractivity contribution in [3.05, 3.63) is 291 Å². The Morgan fingerprint density at radius 3 is 1.36 bits per heavy atom. The van der Waals surface area contributed by atoms with Gasteiger partial charge in [0.1, 0.15) is 0 Å². The molecule has 12 aromatic carbocycles. The molecule has 13 rings (SSSR count). The van der Waals surface area contributed by atoms with Crippen molar-refractivity contribution in [2.45, 2.75) is 0 Å². The highest BCUT2D eigenvalue weighted by atomic mass is 15.1. The lowest BCUT2D eigenvalue weighted by molar-refractivity contribution is 1.18. The highest BCUT2D eigenvalue weighted by Gasteiger charge is 2.19. The zero-order valence-electron chi connectivity index (χ0n) is 39.6. The molecule has 0 atom stereocenters. The van der Waals surface area contributed by atoms with Crippen LogP contribution in [0.1, 0.15) is 0 Å². The van der Waals surface area contributed by atoms with Crippen LogP contribution >= 0.6 is 0 Å². The normalized spacial score (nSPS) is 11.3. The molecule has 2 nitrogen and oxygen atoms in total. The lowest BCUT2D eigenvalue weighted by Crippen LogP contribution is -2.10. The van der Waals surface area contributed by atoms with Gasteiger partial charge in [-0.05, 0) is 162 Å². The number of fused-ring (bicyclic) bond motifs is 4. The number of hydrogen-bond acceptors (Lipinski definition) is 1. The number of anilines is 3. The van der Waals surface area contributed by atoms with E-state index >= 15 is 0 Å². The molecule has 0 spiro atoms. The molecule has 0 unspecified atom stereocenters. The summed E-state index contributed by atoms with van der Waals surface area (Å²) in [6.07, 6.45) is 0. The van der Waals surface area contributed by atoms with Crippen LogP contribution in [0.5, 0.6) is 0 Å². The van der Waals surface area contributed by atoms with E-state index in [9.17, 15) is 0 Å². The molecule has 0 saturated carbocycles. The maximum atomic E-state index is 2.39. The van der Waals surface area contributed by atoms with Gasteiger partial charge in [-0.15, -0.1) is 0 Å². The third-order valence-electron chi connectivity index (χ3n) is 14.2. The second-order valence-electron chi connectivity index (χ2n) is 18.5. The van der Waals surface area contributed by atoms with E-state index in [2.05, 4.69) is 301 Å². The maximum Gasteiger partial charge on any atom is 0.0547 e. The molecule has 1 heterocycles. The number of aromatic nitrogens is 1. The van der Waals surface area contributed by atoms with Crippen LogP contribution in [0.15, 0.2) is 291 Å². The van der Waals surface area contributed by atoms with E-state index in [0.717, 1.165) is 39.4 Å². The Bertz CT molecular complexity index is 4000. The molecular formula is C70H48N2. The van der Waals surface area contributed by atoms with Crippen molar-refractivity contribution >= 4 is 49.6 Å². The molecule has 338 valence electrons. The minimum absolute atomic E-state index is 1.08. The molecule has 0 saturated heterocycles. The van der Waals surface area contributed by atoms with Crippen molar-refractivity contribution < 1.29 is 0 Å². The lowest BCUT2D eigenvalue weighted by Gasteiger charge is -2.26. The van der Waals surface area contributed by atoms with E-state index in [4.69, 9.17) is 0 Å². The van der Waals surface area contributed by atoms with E-state index in [0.29, 0.717) is 0 Å². The fourth-order valence-electron chi connectivity index (χ4n) is 10.7. The molecule has 72 heavy (non-hydrogen) atoms. The van der Waals surface area contributed by atoms with Gasteiger partial charge in [-0.2, -0.15) is 0 Å². The Kier molecular flexibility index (Phi) is 10.9. The molecule has 0 aliphatic carbocycles. The zero-order chi connectivity index (χ0) is 47.8. The number of nitrogens with zero attached hydrogens (tertiary/aromatic N) is 2. The largest absolute Gasteiger partial charge is 0.310 e. The molecule has 13 aromatic rings. The molecule has 0 bridgehead atoms. The number of benzene rings is 12. The van der Waals surface area contributed by atoms with Gasteiger partial charge >= 0.3 is 0 Å². The number of hydrogen-bond donors (Lipinski definition) is 0. The van der Waals surface area contributed by atoms with Gasteiger partial charge in [0.2, 0.25) is 0 Å². The molecule has 0 amide bonds. The molecule has 0 radical (unpaired) electrons. The maximum absolute atomic E-state index is 2.39. The first-order valence-corrected chi connectivity index (χ1v) is 24.7. The summed E-state index contributed by atoms with van der Waals surface area (Å²) < 4.78 is 2.39. The topological polar surface area (TPSA) is 8.17 Å². The average molecular weight is 917 g/mol. The summed E-state index contributed by atoms with van der Waals surface area (Å²) in [6.45, 7) is 0. The lowest BCUT2D eigenvalue weighted by atomic mass is 9.93. The smallest absolute Gasteiger partial charge is 0.0547 e. The van der Waals surface area contributed by atoms with Crippen LogP contribution in [0.25, 0.3) is 105 Å². The Labute approximate surface area is 420 Å². The SMILES string of the molecule is c1ccc(-c2cc(-c3ccccc3)cc(-c3ccc(N(c4ccc(-c5cccc6ccccc56)cc4)c4cccc(-c5cccc(-c6cccc7c6c6ccccc6n7-c6ccccc6)c5)c4)cc3)c2)cc1. The molecular weight excluding hydrogens is 869 g/mol. The van der Waals surface area contributed by atoms with Crippen LogP contribution in [0.4, 0.5) is 17.1 Å². The van der Waals surface area contributed by atoms with Gasteiger partial charge in [-0.1, -0.05) is 206 Å². The van der Waals surface area contributed by atoms with Gasteiger partial charge in [-0.25, -0.2) is 0 Å². The summed E-state index contributed by atoms with van der Waals surface area (Å²) in [7, 11) is 0. The molecule has 1 aromatic heterocycles. The Hall–Kier alpha value is -9.50. The highest BCUT2D eigenvalue weighted by Crippen LogP contribution is 2.43. The number of para-hydroxylation sites is 2. The number of rotatable bonds is 10. The third-order valence-corrected chi connectivity index (χ3v) is 14.2. The minimum Gasteiger partial charge on any atom is -0.310 e. The van der Waals surface area contributed by atoms with Crippen LogP contribution in [-0.4, -0.2) is 4.57 Å². The molecule has 0 aliphatic heterocycles. The van der Waals surface area contributed by atoms with Gasteiger partial charge in [-0.3, -0.25) is 0 Å². The van der Waals surface area contributed by atoms with Gasteiger partial charge in [0.25, 0.3) is 0 Å². The van der Waals surface area contributed by atoms with E-state index in [1.165, 1.54) is 82.6 Å². The fourth-order valence-corrected chi connectivity index (χ4v) is 10.7. The zero-order valence-corrected chi connectivity index (χ0v) is 39.6. The Balaban J connectivity index is 0.911. The quantitative estimate of drug-likeness (QED) is 0.133. The van der Waals surface area contributed by atoms with E-state index in [1.807, 2.05) is 0 Å². The van der Waals surface area contributed by atoms with Gasteiger partial charge in [0.15, 0.2) is 0 Å². The van der Waals surface area contributed by atoms with Crippen molar-refractivity contribution in [2.24, 2.45) is 0 Å². The second-order valence-corrected chi connectivity index (χ2v) is 18.5. The molecule has 0 aliphatic rings. The van der Waals surface area contributed by atoms with Crippen LogP contribution in [0.3, 0.4) is 0 Å². The third kappa shape index (κ3) is 7.92. The van der Waals surface area contributed by atoms with Gasteiger partial charge < -0.3 is 9.47 Å². The van der Waals surface area contributed by atoms with Crippen molar-refractivity contribution in [1.29, 1.82) is 0 Å². The van der Waals surface area contributed by atoms with Crippen LogP contribution in [0.2, 0.25) is 0 Å². The summed E-state index contributed by atoms with van der Waals surface area (Å²) >= 11 is 0. The van der Waals surface area contributed by atoms with E-state index in [1.54, 1.807) is 0 Å². The first-order valence-electron chi connectivity index (χ1n) is 24.7. The van der Waals surface area contributed by atoms with Crippen LogP contribution < -0.4 is 4.90 Å². The van der Waals surface area contributed by atoms with Crippen molar-refractivity contribution in [3.8, 4) is 72.4 Å². The summed E-state index contributed by atoms with van der Waals surface area (Å²) in [5, 5.41) is 4.99. The first-order chi connectivity index (χ1) is 35.7. The Morgan fingerprint density at radius 2 is 0.681 bits per heavy atom. The summed E-state index contributed by atoms with van der Waals surface area (Å²) in [4.78, 5) is 2.39. The first kappa shape index (κ1) is 42.6. The van der Waals surface area contributed by atoms with Gasteiger partial charge in [0, 0.05) is 33.5 Å². The predicted molar refractivity (Wildman–Crippen MR) is 306 cm³/mol. The monoisotopic (exact) mass is 916 g/mol. The van der Waals surface area contributed by atoms with E-state index < -0.39 is 0 Å². The standard InChI is InChI=1S/C70H48N2/c1-4-18-49(19-5-1)57-45-58(50-20-6-2-7-21-50)47-59(46-57)51-36-40-61(41-37-51)71(62-42-38-53(39-43-62)65-32-16-23-52-22-10-11-30-64(52)65)63-29-15-25-55(48-63)54-24-14-26-56(44-54)66-33-17-35-69-70(66)67-31-12-13-34-68(67)72(69)60-27-8-3-9-28-60/h1-48H. The highest BCUT2D eigenvalue weighted by molar-refractivity contribution is 6.16. The molecule has 2 heteroatoms. The summed E-state index contributed by atoms with van der Waals surface area (Å²) in [5.41, 5.74) is 21.0. The van der Waals surface area contributed by atoms with Gasteiger partial charge in [0.05, 0.1) is 11.0 Å². The summed E-state index contributed by atoms with van der Waals surface area (Å²) in [6, 6.07) is 106. The second kappa shape index (κ2) is 18.4. The van der Waals surface area contributed by atoms with Crippen molar-refractivity contribution in [3.63, 3.8) is 0 Å². The predicted octanol–water partition coefficient (Wildman–Crippen LogP) is 19.4. The van der Waals surface area contributed by atoms with Crippen molar-refractivity contribution in [2.75, 3.05) is 4.90 Å². The Morgan fingerprint density at radius 1 is 0.236 bits per heavy atom. The molecule has 0 N–H and O–H groups in total. The van der Waals surface area contributed by atoms with E-state index in [-0.39, 0.29) is 0 Å². The summed E-state index contributed by atoms with van der Waals surface area (Å²) in [5.74, 6) is 0. The molecule has 0 fully saturated rings. The fraction of sp³-hybridized carbons (Fsp3) is 0. The van der Waals surface area contributed by atoms with Crippen molar-refractivity contribution in [1.82, 2.24) is 4.57 Å². The minimum atomic E-state index is 1.08. The average Bonchev–Trinajstić information content (AvgIpc) is 3.81.